The Labute approximate surface area is 132 Å². The Bertz CT molecular complexity index is 656. The number of rotatable bonds is 3. The molecule has 0 aliphatic rings. The zero-order valence-electron chi connectivity index (χ0n) is 10.7. The minimum Gasteiger partial charge on any atom is -0.324 e. The highest BCUT2D eigenvalue weighted by Gasteiger charge is 2.10. The summed E-state index contributed by atoms with van der Waals surface area (Å²) in [4.78, 5) is 12.0. The van der Waals surface area contributed by atoms with Crippen LogP contribution in [0.2, 0.25) is 15.1 Å². The first-order valence-corrected chi connectivity index (χ1v) is 7.09. The van der Waals surface area contributed by atoms with Crippen molar-refractivity contribution in [2.75, 3.05) is 5.32 Å². The normalized spacial score (nSPS) is 10.4. The molecule has 0 heterocycles. The summed E-state index contributed by atoms with van der Waals surface area (Å²) >= 11 is 17.8. The number of benzene rings is 2. The van der Waals surface area contributed by atoms with Gasteiger partial charge in [-0.2, -0.15) is 0 Å². The molecule has 2 nitrogen and oxygen atoms in total. The highest BCUT2D eigenvalue weighted by Crippen LogP contribution is 2.32. The molecule has 1 amide bonds. The summed E-state index contributed by atoms with van der Waals surface area (Å²) in [7, 11) is 0. The molecule has 2 aromatic carbocycles. The van der Waals surface area contributed by atoms with Crippen LogP contribution in [0.15, 0.2) is 36.4 Å². The van der Waals surface area contributed by atoms with Gasteiger partial charge in [-0.1, -0.05) is 59.1 Å². The van der Waals surface area contributed by atoms with Crippen molar-refractivity contribution in [1.29, 1.82) is 0 Å². The number of hydrogen-bond donors (Lipinski definition) is 1. The third-order valence-electron chi connectivity index (χ3n) is 2.90. The van der Waals surface area contributed by atoms with Crippen LogP contribution in [-0.4, -0.2) is 5.91 Å². The van der Waals surface area contributed by atoms with Gasteiger partial charge in [-0.25, -0.2) is 0 Å². The summed E-state index contributed by atoms with van der Waals surface area (Å²) in [5, 5.41) is 3.80. The predicted molar refractivity (Wildman–Crippen MR) is 85.0 cm³/mol. The van der Waals surface area contributed by atoms with E-state index >= 15 is 0 Å². The molecule has 0 fully saturated rings. The zero-order chi connectivity index (χ0) is 14.7. The van der Waals surface area contributed by atoms with Gasteiger partial charge in [0.2, 0.25) is 5.91 Å². The van der Waals surface area contributed by atoms with E-state index in [1.165, 1.54) is 6.07 Å². The molecule has 5 heteroatoms. The van der Waals surface area contributed by atoms with E-state index in [4.69, 9.17) is 34.8 Å². The number of carbonyl (C=O) groups is 1. The third kappa shape index (κ3) is 3.66. The Hall–Kier alpha value is -1.22. The van der Waals surface area contributed by atoms with Crippen LogP contribution in [0.5, 0.6) is 0 Å². The Kier molecular flexibility index (Phi) is 4.92. The Balaban J connectivity index is 2.13. The largest absolute Gasteiger partial charge is 0.324 e. The van der Waals surface area contributed by atoms with Gasteiger partial charge in [-0.3, -0.25) is 4.79 Å². The van der Waals surface area contributed by atoms with Crippen molar-refractivity contribution < 1.29 is 4.79 Å². The summed E-state index contributed by atoms with van der Waals surface area (Å²) < 4.78 is 0. The van der Waals surface area contributed by atoms with Gasteiger partial charge in [0.15, 0.2) is 0 Å². The fraction of sp³-hybridized carbons (Fsp3) is 0.133. The number of aryl methyl sites for hydroxylation is 1. The number of amides is 1. The summed E-state index contributed by atoms with van der Waals surface area (Å²) in [6, 6.07) is 10.8. The lowest BCUT2D eigenvalue weighted by atomic mass is 10.1. The average molecular weight is 329 g/mol. The molecule has 0 saturated carbocycles. The van der Waals surface area contributed by atoms with E-state index in [0.717, 1.165) is 11.1 Å². The highest BCUT2D eigenvalue weighted by molar-refractivity contribution is 6.44. The summed E-state index contributed by atoms with van der Waals surface area (Å²) in [5.41, 5.74) is 2.50. The number of nitrogens with one attached hydrogen (secondary N) is 1. The first-order valence-electron chi connectivity index (χ1n) is 5.96. The maximum absolute atomic E-state index is 12.0. The first kappa shape index (κ1) is 15.2. The lowest BCUT2D eigenvalue weighted by Gasteiger charge is -2.10. The lowest BCUT2D eigenvalue weighted by Crippen LogP contribution is -2.15. The van der Waals surface area contributed by atoms with Crippen LogP contribution in [0.25, 0.3) is 0 Å². The van der Waals surface area contributed by atoms with Crippen molar-refractivity contribution in [3.63, 3.8) is 0 Å². The van der Waals surface area contributed by atoms with E-state index in [2.05, 4.69) is 5.32 Å². The molecule has 104 valence electrons. The van der Waals surface area contributed by atoms with E-state index in [1.54, 1.807) is 6.07 Å². The van der Waals surface area contributed by atoms with Crippen LogP contribution >= 0.6 is 34.8 Å². The molecule has 0 spiro atoms. The van der Waals surface area contributed by atoms with Gasteiger partial charge in [-0.05, 0) is 30.2 Å². The fourth-order valence-electron chi connectivity index (χ4n) is 1.79. The van der Waals surface area contributed by atoms with Crippen molar-refractivity contribution in [1.82, 2.24) is 0 Å². The van der Waals surface area contributed by atoms with E-state index < -0.39 is 0 Å². The molecule has 0 atom stereocenters. The van der Waals surface area contributed by atoms with Gasteiger partial charge in [0.1, 0.15) is 0 Å². The molecule has 20 heavy (non-hydrogen) atoms. The number of halogens is 3. The van der Waals surface area contributed by atoms with Crippen molar-refractivity contribution in [2.24, 2.45) is 0 Å². The van der Waals surface area contributed by atoms with E-state index in [9.17, 15) is 4.79 Å². The third-order valence-corrected chi connectivity index (χ3v) is 3.93. The highest BCUT2D eigenvalue weighted by atomic mass is 35.5. The molecule has 0 aliphatic heterocycles. The molecule has 0 unspecified atom stereocenters. The van der Waals surface area contributed by atoms with Crippen LogP contribution in [-0.2, 0) is 11.2 Å². The van der Waals surface area contributed by atoms with Crippen LogP contribution in [0.3, 0.4) is 0 Å². The Morgan fingerprint density at radius 1 is 1.05 bits per heavy atom. The number of anilines is 1. The van der Waals surface area contributed by atoms with Crippen LogP contribution in [0.4, 0.5) is 5.69 Å². The molecular formula is C15H12Cl3NO. The van der Waals surface area contributed by atoms with Crippen molar-refractivity contribution in [3.8, 4) is 0 Å². The van der Waals surface area contributed by atoms with Crippen molar-refractivity contribution in [3.05, 3.63) is 62.6 Å². The lowest BCUT2D eigenvalue weighted by molar-refractivity contribution is -0.115. The number of carbonyl (C=O) groups excluding carboxylic acids is 1. The number of hydrogen-bond acceptors (Lipinski definition) is 1. The van der Waals surface area contributed by atoms with Crippen LogP contribution < -0.4 is 5.32 Å². The van der Waals surface area contributed by atoms with Crippen LogP contribution in [0, 0.1) is 6.92 Å². The van der Waals surface area contributed by atoms with Gasteiger partial charge < -0.3 is 5.32 Å². The van der Waals surface area contributed by atoms with Gasteiger partial charge in [0, 0.05) is 0 Å². The summed E-state index contributed by atoms with van der Waals surface area (Å²) in [6.07, 6.45) is 0.281. The van der Waals surface area contributed by atoms with E-state index in [0.29, 0.717) is 20.8 Å². The molecule has 0 aromatic heterocycles. The molecule has 2 aromatic rings. The van der Waals surface area contributed by atoms with E-state index in [-0.39, 0.29) is 12.3 Å². The van der Waals surface area contributed by atoms with Crippen molar-refractivity contribution >= 4 is 46.4 Å². The van der Waals surface area contributed by atoms with E-state index in [1.807, 2.05) is 31.2 Å². The first-order chi connectivity index (χ1) is 9.47. The molecule has 1 N–H and O–H groups in total. The van der Waals surface area contributed by atoms with Gasteiger partial charge >= 0.3 is 0 Å². The predicted octanol–water partition coefficient (Wildman–Crippen LogP) is 5.14. The standard InChI is InChI=1S/C15H12Cl3NO/c1-9-4-2-3-5-10(9)6-15(20)19-14-8-12(17)11(16)7-13(14)18/h2-5,7-8H,6H2,1H3,(H,19,20). The molecule has 0 radical (unpaired) electrons. The van der Waals surface area contributed by atoms with Gasteiger partial charge in [0.25, 0.3) is 0 Å². The topological polar surface area (TPSA) is 29.1 Å². The molecule has 0 bridgehead atoms. The molecule has 2 rings (SSSR count). The molecule has 0 saturated heterocycles. The maximum Gasteiger partial charge on any atom is 0.228 e. The quantitative estimate of drug-likeness (QED) is 0.777. The second-order valence-electron chi connectivity index (χ2n) is 4.40. The Morgan fingerprint density at radius 2 is 1.70 bits per heavy atom. The fourth-order valence-corrected chi connectivity index (χ4v) is 2.39. The minimum atomic E-state index is -0.153. The monoisotopic (exact) mass is 327 g/mol. The zero-order valence-corrected chi connectivity index (χ0v) is 13.0. The smallest absolute Gasteiger partial charge is 0.228 e. The maximum atomic E-state index is 12.0. The summed E-state index contributed by atoms with van der Waals surface area (Å²) in [6.45, 7) is 1.97. The minimum absolute atomic E-state index is 0.153. The van der Waals surface area contributed by atoms with Gasteiger partial charge in [-0.15, -0.1) is 0 Å². The average Bonchev–Trinajstić information content (AvgIpc) is 2.39. The molecular weight excluding hydrogens is 317 g/mol. The van der Waals surface area contributed by atoms with Gasteiger partial charge in [0.05, 0.1) is 27.2 Å². The molecule has 0 aliphatic carbocycles. The second-order valence-corrected chi connectivity index (χ2v) is 5.62. The van der Waals surface area contributed by atoms with Crippen LogP contribution in [0.1, 0.15) is 11.1 Å². The summed E-state index contributed by atoms with van der Waals surface area (Å²) in [5.74, 6) is -0.153. The van der Waals surface area contributed by atoms with Crippen molar-refractivity contribution in [2.45, 2.75) is 13.3 Å². The SMILES string of the molecule is Cc1ccccc1CC(=O)Nc1cc(Cl)c(Cl)cc1Cl. The Morgan fingerprint density at radius 3 is 2.40 bits per heavy atom. The second kappa shape index (κ2) is 6.49.